The molecule has 0 amide bonds. The molecule has 0 spiro atoms. The molecule has 1 saturated carbocycles. The van der Waals surface area contributed by atoms with Gasteiger partial charge >= 0.3 is 0 Å². The van der Waals surface area contributed by atoms with Crippen LogP contribution in [0.3, 0.4) is 0 Å². The predicted molar refractivity (Wildman–Crippen MR) is 118 cm³/mol. The van der Waals surface area contributed by atoms with Crippen molar-refractivity contribution in [3.8, 4) is 28.3 Å². The van der Waals surface area contributed by atoms with Crippen molar-refractivity contribution in [3.63, 3.8) is 0 Å². The topological polar surface area (TPSA) is 74.2 Å². The Hall–Kier alpha value is -3.18. The van der Waals surface area contributed by atoms with Gasteiger partial charge in [-0.25, -0.2) is 0 Å². The van der Waals surface area contributed by atoms with Crippen LogP contribution in [0.15, 0.2) is 59.0 Å². The first-order valence-corrected chi connectivity index (χ1v) is 10.5. The van der Waals surface area contributed by atoms with Gasteiger partial charge in [-0.05, 0) is 30.4 Å². The molecule has 1 fully saturated rings. The average Bonchev–Trinajstić information content (AvgIpc) is 3.17. The van der Waals surface area contributed by atoms with Gasteiger partial charge in [0.15, 0.2) is 0 Å². The van der Waals surface area contributed by atoms with Crippen LogP contribution in [0.2, 0.25) is 0 Å². The van der Waals surface area contributed by atoms with Crippen LogP contribution >= 0.6 is 0 Å². The van der Waals surface area contributed by atoms with E-state index in [0.717, 1.165) is 40.7 Å². The summed E-state index contributed by atoms with van der Waals surface area (Å²) >= 11 is 0. The molecule has 152 valence electrons. The smallest absolute Gasteiger partial charge is 0.234 e. The number of ether oxygens (including phenoxy) is 1. The molecule has 0 bridgehead atoms. The lowest BCUT2D eigenvalue weighted by molar-refractivity contribution is 0.253. The zero-order valence-corrected chi connectivity index (χ0v) is 17.3. The van der Waals surface area contributed by atoms with Crippen LogP contribution in [0.25, 0.3) is 33.6 Å². The minimum atomic E-state index is -0.181. The summed E-state index contributed by atoms with van der Waals surface area (Å²) in [5.41, 5.74) is 11.0. The Balaban J connectivity index is 1.73. The second kappa shape index (κ2) is 7.26. The monoisotopic (exact) mass is 399 g/mol. The molecule has 2 N–H and O–H groups in total. The van der Waals surface area contributed by atoms with Gasteiger partial charge in [-0.2, -0.15) is 9.97 Å². The fraction of sp³-hybridized carbons (Fsp3) is 0.280. The number of hydrogen-bond donors (Lipinski definition) is 1. The molecule has 0 aliphatic heterocycles. The normalized spacial score (nSPS) is 15.2. The number of fused-ring (bicyclic) bond motifs is 1. The third-order valence-corrected chi connectivity index (χ3v) is 6.10. The summed E-state index contributed by atoms with van der Waals surface area (Å²) in [4.78, 5) is 9.22. The molecule has 1 aliphatic rings. The van der Waals surface area contributed by atoms with E-state index in [4.69, 9.17) is 14.9 Å². The van der Waals surface area contributed by atoms with Crippen LogP contribution in [0.1, 0.15) is 37.6 Å². The fourth-order valence-corrected chi connectivity index (χ4v) is 4.20. The predicted octanol–water partition coefficient (Wildman–Crippen LogP) is 5.47. The molecule has 5 rings (SSSR count). The fourth-order valence-electron chi connectivity index (χ4n) is 4.20. The maximum atomic E-state index is 6.51. The zero-order chi connectivity index (χ0) is 20.7. The van der Waals surface area contributed by atoms with Gasteiger partial charge in [0.1, 0.15) is 17.0 Å². The lowest BCUT2D eigenvalue weighted by atomic mass is 9.72. The highest BCUT2D eigenvalue weighted by atomic mass is 16.5. The van der Waals surface area contributed by atoms with Crippen LogP contribution in [0.4, 0.5) is 0 Å². The Kier molecular flexibility index (Phi) is 4.55. The number of nitrogens with two attached hydrogens (primary N) is 1. The van der Waals surface area contributed by atoms with Crippen LogP contribution < -0.4 is 10.5 Å². The molecule has 0 saturated heterocycles. The summed E-state index contributed by atoms with van der Waals surface area (Å²) < 4.78 is 12.0. The molecule has 1 aliphatic carbocycles. The number of aryl methyl sites for hydroxylation is 1. The Morgan fingerprint density at radius 3 is 2.33 bits per heavy atom. The van der Waals surface area contributed by atoms with Crippen molar-refractivity contribution >= 4 is 11.1 Å². The summed E-state index contributed by atoms with van der Waals surface area (Å²) in [5.74, 6) is 2.01. The molecule has 0 radical (unpaired) electrons. The van der Waals surface area contributed by atoms with Crippen molar-refractivity contribution in [3.05, 3.63) is 66.0 Å². The molecule has 5 heteroatoms. The van der Waals surface area contributed by atoms with Crippen molar-refractivity contribution in [2.45, 2.75) is 38.1 Å². The average molecular weight is 399 g/mol. The second-order valence-corrected chi connectivity index (χ2v) is 7.94. The number of hydrogen-bond acceptors (Lipinski definition) is 5. The lowest BCUT2D eigenvalue weighted by Gasteiger charge is -2.38. The van der Waals surface area contributed by atoms with E-state index in [0.29, 0.717) is 23.8 Å². The van der Waals surface area contributed by atoms with Crippen molar-refractivity contribution in [2.24, 2.45) is 5.73 Å². The molecule has 2 heterocycles. The molecule has 5 nitrogen and oxygen atoms in total. The van der Waals surface area contributed by atoms with E-state index in [1.807, 2.05) is 25.1 Å². The first kappa shape index (κ1) is 18.8. The Bertz CT molecular complexity index is 1190. The van der Waals surface area contributed by atoms with E-state index in [-0.39, 0.29) is 5.54 Å². The van der Waals surface area contributed by atoms with Gasteiger partial charge in [0.25, 0.3) is 0 Å². The molecule has 2 aromatic carbocycles. The van der Waals surface area contributed by atoms with Gasteiger partial charge in [0.2, 0.25) is 11.6 Å². The molecule has 0 atom stereocenters. The van der Waals surface area contributed by atoms with Gasteiger partial charge in [-0.1, -0.05) is 61.5 Å². The molecular formula is C25H25N3O2. The molecular weight excluding hydrogens is 374 g/mol. The van der Waals surface area contributed by atoms with Gasteiger partial charge in [-0.3, -0.25) is 0 Å². The van der Waals surface area contributed by atoms with E-state index in [1.165, 1.54) is 12.0 Å². The summed E-state index contributed by atoms with van der Waals surface area (Å²) in [7, 11) is 1.64. The number of aromatic nitrogens is 2. The third kappa shape index (κ3) is 2.97. The lowest BCUT2D eigenvalue weighted by Crippen LogP contribution is -2.43. The number of benzene rings is 2. The van der Waals surface area contributed by atoms with Gasteiger partial charge in [0, 0.05) is 23.1 Å². The van der Waals surface area contributed by atoms with Gasteiger partial charge in [-0.15, -0.1) is 0 Å². The molecule has 4 aromatic rings. The minimum absolute atomic E-state index is 0.181. The standard InChI is InChI=1S/C25H25N3O2/c1-3-19-27-23(29-2)21-20(16-8-5-4-6-9-16)22(30-24(21)28-19)17-10-12-18(13-11-17)25(26)14-7-15-25/h4-6,8-13H,3,7,14-15,26H2,1-2H3. The summed E-state index contributed by atoms with van der Waals surface area (Å²) in [6.45, 7) is 2.02. The van der Waals surface area contributed by atoms with Crippen LogP contribution in [-0.4, -0.2) is 17.1 Å². The maximum Gasteiger partial charge on any atom is 0.234 e. The minimum Gasteiger partial charge on any atom is -0.480 e. The highest BCUT2D eigenvalue weighted by Gasteiger charge is 2.34. The number of rotatable bonds is 5. The summed E-state index contributed by atoms with van der Waals surface area (Å²) in [5, 5.41) is 0.800. The zero-order valence-electron chi connectivity index (χ0n) is 17.3. The Morgan fingerprint density at radius 1 is 1.00 bits per heavy atom. The summed E-state index contributed by atoms with van der Waals surface area (Å²) in [6.07, 6.45) is 3.98. The largest absolute Gasteiger partial charge is 0.480 e. The quantitative estimate of drug-likeness (QED) is 0.482. The van der Waals surface area contributed by atoms with Gasteiger partial charge < -0.3 is 14.9 Å². The van der Waals surface area contributed by atoms with E-state index in [2.05, 4.69) is 46.4 Å². The molecule has 0 unspecified atom stereocenters. The second-order valence-electron chi connectivity index (χ2n) is 7.94. The SMILES string of the molecule is CCc1nc(OC)c2c(-c3ccccc3)c(-c3ccc(C4(N)CCC4)cc3)oc2n1. The summed E-state index contributed by atoms with van der Waals surface area (Å²) in [6, 6.07) is 18.6. The third-order valence-electron chi connectivity index (χ3n) is 6.10. The highest BCUT2D eigenvalue weighted by Crippen LogP contribution is 2.44. The first-order valence-electron chi connectivity index (χ1n) is 10.5. The van der Waals surface area contributed by atoms with E-state index < -0.39 is 0 Å². The highest BCUT2D eigenvalue weighted by molar-refractivity contribution is 6.03. The van der Waals surface area contributed by atoms with Crippen molar-refractivity contribution < 1.29 is 9.15 Å². The van der Waals surface area contributed by atoms with E-state index in [9.17, 15) is 0 Å². The maximum absolute atomic E-state index is 6.51. The Morgan fingerprint density at radius 2 is 1.73 bits per heavy atom. The molecule has 30 heavy (non-hydrogen) atoms. The van der Waals surface area contributed by atoms with E-state index >= 15 is 0 Å². The first-order chi connectivity index (χ1) is 14.6. The van der Waals surface area contributed by atoms with Gasteiger partial charge in [0.05, 0.1) is 7.11 Å². The van der Waals surface area contributed by atoms with Crippen molar-refractivity contribution in [1.29, 1.82) is 0 Å². The molecule has 2 aromatic heterocycles. The number of nitrogens with zero attached hydrogens (tertiary/aromatic N) is 2. The van der Waals surface area contributed by atoms with Crippen LogP contribution in [0, 0.1) is 0 Å². The van der Waals surface area contributed by atoms with Crippen LogP contribution in [-0.2, 0) is 12.0 Å². The Labute approximate surface area is 175 Å². The number of methoxy groups -OCH3 is 1. The van der Waals surface area contributed by atoms with Crippen molar-refractivity contribution in [2.75, 3.05) is 7.11 Å². The number of furan rings is 1. The van der Waals surface area contributed by atoms with Crippen LogP contribution in [0.5, 0.6) is 5.88 Å². The van der Waals surface area contributed by atoms with Crippen molar-refractivity contribution in [1.82, 2.24) is 9.97 Å². The van der Waals surface area contributed by atoms with E-state index in [1.54, 1.807) is 7.11 Å².